The molecule has 1 saturated carbocycles. The maximum absolute atomic E-state index is 11.5. The number of fused-ring (bicyclic) bond motifs is 2. The van der Waals surface area contributed by atoms with Gasteiger partial charge < -0.3 is 4.74 Å². The van der Waals surface area contributed by atoms with Crippen molar-refractivity contribution in [2.75, 3.05) is 0 Å². The van der Waals surface area contributed by atoms with E-state index in [1.165, 1.54) is 0 Å². The van der Waals surface area contributed by atoms with Crippen molar-refractivity contribution in [3.63, 3.8) is 0 Å². The zero-order valence-corrected chi connectivity index (χ0v) is 7.69. The van der Waals surface area contributed by atoms with Crippen LogP contribution in [0.25, 0.3) is 6.08 Å². The minimum absolute atomic E-state index is 0.0115. The summed E-state index contributed by atoms with van der Waals surface area (Å²) >= 11 is 0. The molecular weight excluding hydrogens is 176 g/mol. The van der Waals surface area contributed by atoms with E-state index in [1.54, 1.807) is 0 Å². The molecule has 14 heavy (non-hydrogen) atoms. The van der Waals surface area contributed by atoms with E-state index in [0.29, 0.717) is 6.42 Å². The molecule has 2 nitrogen and oxygen atoms in total. The number of rotatable bonds is 0. The van der Waals surface area contributed by atoms with E-state index < -0.39 is 0 Å². The number of ether oxygens (including phenoxy) is 1. The molecule has 1 atom stereocenters. The summed E-state index contributed by atoms with van der Waals surface area (Å²) in [6.07, 6.45) is 3.44. The van der Waals surface area contributed by atoms with E-state index >= 15 is 0 Å². The first kappa shape index (κ1) is 7.80. The van der Waals surface area contributed by atoms with Gasteiger partial charge in [-0.1, -0.05) is 18.2 Å². The molecule has 3 rings (SSSR count). The van der Waals surface area contributed by atoms with Gasteiger partial charge in [-0.25, -0.2) is 0 Å². The van der Waals surface area contributed by atoms with Crippen molar-refractivity contribution in [3.05, 3.63) is 35.4 Å². The van der Waals surface area contributed by atoms with Gasteiger partial charge >= 0.3 is 0 Å². The van der Waals surface area contributed by atoms with Crippen molar-refractivity contribution in [2.45, 2.75) is 18.9 Å². The molecule has 2 aliphatic rings. The number of ketones is 1. The average Bonchev–Trinajstić information content (AvgIpc) is 2.57. The summed E-state index contributed by atoms with van der Waals surface area (Å²) in [6, 6.07) is 7.84. The van der Waals surface area contributed by atoms with Crippen LogP contribution in [0, 0.1) is 0 Å². The van der Waals surface area contributed by atoms with Crippen molar-refractivity contribution in [1.82, 2.24) is 0 Å². The van der Waals surface area contributed by atoms with Crippen molar-refractivity contribution in [3.8, 4) is 5.75 Å². The molecule has 0 unspecified atom stereocenters. The first-order chi connectivity index (χ1) is 6.84. The quantitative estimate of drug-likeness (QED) is 0.620. The van der Waals surface area contributed by atoms with Crippen molar-refractivity contribution in [2.24, 2.45) is 0 Å². The van der Waals surface area contributed by atoms with Gasteiger partial charge in [-0.3, -0.25) is 4.79 Å². The second kappa shape index (κ2) is 2.71. The fourth-order valence-corrected chi connectivity index (χ4v) is 2.07. The Morgan fingerprint density at radius 2 is 2.14 bits per heavy atom. The third kappa shape index (κ3) is 1.00. The molecule has 1 aromatic carbocycles. The van der Waals surface area contributed by atoms with Gasteiger partial charge in [-0.15, -0.1) is 0 Å². The van der Waals surface area contributed by atoms with Crippen LogP contribution in [0.1, 0.15) is 18.4 Å². The average molecular weight is 186 g/mol. The summed E-state index contributed by atoms with van der Waals surface area (Å²) in [6.45, 7) is 0. The highest BCUT2D eigenvalue weighted by molar-refractivity contribution is 6.03. The van der Waals surface area contributed by atoms with E-state index in [4.69, 9.17) is 4.74 Å². The van der Waals surface area contributed by atoms with Crippen molar-refractivity contribution >= 4 is 11.9 Å². The number of carbonyl (C=O) groups excluding carboxylic acids is 1. The lowest BCUT2D eigenvalue weighted by atomic mass is 10.0. The van der Waals surface area contributed by atoms with Gasteiger partial charge in [0.1, 0.15) is 11.9 Å². The van der Waals surface area contributed by atoms with E-state index in [2.05, 4.69) is 0 Å². The molecule has 0 radical (unpaired) electrons. The van der Waals surface area contributed by atoms with Crippen LogP contribution in [0.4, 0.5) is 0 Å². The lowest BCUT2D eigenvalue weighted by Crippen LogP contribution is -2.19. The molecule has 70 valence electrons. The minimum Gasteiger partial charge on any atom is -0.485 e. The predicted molar refractivity (Wildman–Crippen MR) is 53.1 cm³/mol. The lowest BCUT2D eigenvalue weighted by molar-refractivity contribution is -0.114. The summed E-state index contributed by atoms with van der Waals surface area (Å²) in [5, 5.41) is 0. The fraction of sp³-hybridized carbons (Fsp3) is 0.250. The van der Waals surface area contributed by atoms with E-state index in [1.807, 2.05) is 30.3 Å². The predicted octanol–water partition coefficient (Wildman–Crippen LogP) is 2.19. The van der Waals surface area contributed by atoms with Gasteiger partial charge in [0.25, 0.3) is 0 Å². The normalized spacial score (nSPS) is 23.6. The monoisotopic (exact) mass is 186 g/mol. The Kier molecular flexibility index (Phi) is 1.51. The SMILES string of the molecule is O=C1CC[C@@H]2Oc3ccccc3C=C12. The molecule has 1 heterocycles. The second-order valence-electron chi connectivity index (χ2n) is 3.71. The van der Waals surface area contributed by atoms with E-state index in [0.717, 1.165) is 23.3 Å². The minimum atomic E-state index is 0.0115. The zero-order valence-electron chi connectivity index (χ0n) is 7.69. The standard InChI is InChI=1S/C12H10O2/c13-10-5-6-12-9(10)7-8-3-1-2-4-11(8)14-12/h1-4,7,12H,5-6H2/t12-/m0/s1. The number of hydrogen-bond donors (Lipinski definition) is 0. The van der Waals surface area contributed by atoms with Gasteiger partial charge in [0.05, 0.1) is 0 Å². The van der Waals surface area contributed by atoms with Crippen LogP contribution in [0.5, 0.6) is 5.75 Å². The molecule has 0 spiro atoms. The van der Waals surface area contributed by atoms with E-state index in [-0.39, 0.29) is 11.9 Å². The molecule has 0 N–H and O–H groups in total. The van der Waals surface area contributed by atoms with Crippen molar-refractivity contribution in [1.29, 1.82) is 0 Å². The Morgan fingerprint density at radius 3 is 3.07 bits per heavy atom. The molecule has 0 aromatic heterocycles. The lowest BCUT2D eigenvalue weighted by Gasteiger charge is -2.21. The number of Topliss-reactive ketones (excluding diaryl/α,β-unsaturated/α-hetero) is 1. The molecule has 1 aromatic rings. The fourth-order valence-electron chi connectivity index (χ4n) is 2.07. The highest BCUT2D eigenvalue weighted by Crippen LogP contribution is 2.35. The number of carbonyl (C=O) groups is 1. The largest absolute Gasteiger partial charge is 0.485 e. The second-order valence-corrected chi connectivity index (χ2v) is 3.71. The molecule has 0 amide bonds. The molecule has 1 aliphatic carbocycles. The van der Waals surface area contributed by atoms with Gasteiger partial charge in [0.2, 0.25) is 0 Å². The topological polar surface area (TPSA) is 26.3 Å². The Labute approximate surface area is 82.2 Å². The summed E-state index contributed by atoms with van der Waals surface area (Å²) in [4.78, 5) is 11.5. The highest BCUT2D eigenvalue weighted by Gasteiger charge is 2.33. The Hall–Kier alpha value is -1.57. The molecule has 2 heteroatoms. The Balaban J connectivity index is 2.13. The summed E-state index contributed by atoms with van der Waals surface area (Å²) in [5.41, 5.74) is 1.87. The highest BCUT2D eigenvalue weighted by atomic mass is 16.5. The van der Waals surface area contributed by atoms with Gasteiger partial charge in [-0.2, -0.15) is 0 Å². The van der Waals surface area contributed by atoms with Crippen LogP contribution in [0.2, 0.25) is 0 Å². The Morgan fingerprint density at radius 1 is 1.29 bits per heavy atom. The Bertz CT molecular complexity index is 432. The molecule has 1 aliphatic heterocycles. The summed E-state index contributed by atoms with van der Waals surface area (Å²) < 4.78 is 5.74. The van der Waals surface area contributed by atoms with Crippen LogP contribution < -0.4 is 4.74 Å². The maximum atomic E-state index is 11.5. The first-order valence-corrected chi connectivity index (χ1v) is 4.85. The smallest absolute Gasteiger partial charge is 0.162 e. The zero-order chi connectivity index (χ0) is 9.54. The van der Waals surface area contributed by atoms with Crippen LogP contribution in [0.3, 0.4) is 0 Å². The number of para-hydroxylation sites is 1. The van der Waals surface area contributed by atoms with Crippen LogP contribution >= 0.6 is 0 Å². The molecular formula is C12H10O2. The van der Waals surface area contributed by atoms with Gasteiger partial charge in [0, 0.05) is 17.6 Å². The third-order valence-corrected chi connectivity index (χ3v) is 2.80. The van der Waals surface area contributed by atoms with Crippen LogP contribution in [0.15, 0.2) is 29.8 Å². The molecule has 0 saturated heterocycles. The van der Waals surface area contributed by atoms with Gasteiger partial charge in [-0.05, 0) is 18.6 Å². The van der Waals surface area contributed by atoms with Gasteiger partial charge in [0.15, 0.2) is 5.78 Å². The number of hydrogen-bond acceptors (Lipinski definition) is 2. The summed E-state index contributed by atoms with van der Waals surface area (Å²) in [5.74, 6) is 1.14. The maximum Gasteiger partial charge on any atom is 0.162 e. The third-order valence-electron chi connectivity index (χ3n) is 2.80. The van der Waals surface area contributed by atoms with E-state index in [9.17, 15) is 4.79 Å². The first-order valence-electron chi connectivity index (χ1n) is 4.85. The summed E-state index contributed by atoms with van der Waals surface area (Å²) in [7, 11) is 0. The molecule has 1 fully saturated rings. The molecule has 0 bridgehead atoms. The van der Waals surface area contributed by atoms with Crippen molar-refractivity contribution < 1.29 is 9.53 Å². The number of benzene rings is 1. The van der Waals surface area contributed by atoms with Crippen LogP contribution in [-0.2, 0) is 4.79 Å². The van der Waals surface area contributed by atoms with Crippen LogP contribution in [-0.4, -0.2) is 11.9 Å².